The second-order valence-electron chi connectivity index (χ2n) is 8.84. The number of benzene rings is 2. The number of hydrogen-bond donors (Lipinski definition) is 2. The first kappa shape index (κ1) is 21.3. The van der Waals surface area contributed by atoms with Crippen LogP contribution in [-0.4, -0.2) is 18.5 Å². The van der Waals surface area contributed by atoms with E-state index in [0.717, 1.165) is 6.42 Å². The summed E-state index contributed by atoms with van der Waals surface area (Å²) >= 11 is 0. The highest BCUT2D eigenvalue weighted by atomic mass is 16.1. The molecule has 2 aliphatic carbocycles. The summed E-state index contributed by atoms with van der Waals surface area (Å²) in [7, 11) is 0. The number of nitriles is 1. The van der Waals surface area contributed by atoms with Gasteiger partial charge in [-0.15, -0.1) is 0 Å². The molecule has 31 heavy (non-hydrogen) atoms. The molecular formula is C27H31N3O. The summed E-state index contributed by atoms with van der Waals surface area (Å²) in [5.74, 6) is 0.982. The molecule has 4 nitrogen and oxygen atoms in total. The summed E-state index contributed by atoms with van der Waals surface area (Å²) in [5, 5.41) is 17.8. The van der Waals surface area contributed by atoms with Gasteiger partial charge in [0.25, 0.3) is 5.91 Å². The van der Waals surface area contributed by atoms with E-state index in [-0.39, 0.29) is 12.5 Å². The average Bonchev–Trinajstić information content (AvgIpc) is 2.82. The molecule has 0 radical (unpaired) electrons. The number of nitrogens with zero attached hydrogens (tertiary/aromatic N) is 1. The van der Waals surface area contributed by atoms with E-state index in [1.54, 1.807) is 0 Å². The molecule has 4 rings (SSSR count). The van der Waals surface area contributed by atoms with Crippen LogP contribution in [0, 0.1) is 23.2 Å². The summed E-state index contributed by atoms with van der Waals surface area (Å²) in [6.07, 6.45) is 12.0. The Balaban J connectivity index is 1.36. The number of carbonyl (C=O) groups is 1. The van der Waals surface area contributed by atoms with Crippen LogP contribution in [0.15, 0.2) is 66.3 Å². The summed E-state index contributed by atoms with van der Waals surface area (Å²) in [6, 6.07) is 18.0. The largest absolute Gasteiger partial charge is 0.339 e. The van der Waals surface area contributed by atoms with E-state index in [2.05, 4.69) is 66.1 Å². The zero-order chi connectivity index (χ0) is 21.6. The standard InChI is InChI=1S/C27H31N3O/c1-19(25-11-5-7-21-6-2-3-10-26(21)25)30-24-9-4-8-23(18-24)20-12-14-22(15-13-20)27(31)29-17-16-28/h2-3,5-7,10-12,14-15,19-20,23-24,30H,4,8-9,13,17-18H2,1H3,(H,29,31)/t19?,20?,23-,24?/m0/s1. The number of amides is 1. The SMILES string of the molecule is CC(NC1CCC[C@H](C2C=CC(C(=O)NCC#N)=CC2)C1)c1cccc2ccccc12. The molecule has 2 aliphatic rings. The number of hydrogen-bond acceptors (Lipinski definition) is 3. The van der Waals surface area contributed by atoms with Crippen molar-refractivity contribution in [3.05, 3.63) is 71.8 Å². The van der Waals surface area contributed by atoms with Gasteiger partial charge in [-0.3, -0.25) is 4.79 Å². The van der Waals surface area contributed by atoms with E-state index in [1.165, 1.54) is 42.0 Å². The normalized spacial score (nSPS) is 24.3. The minimum Gasteiger partial charge on any atom is -0.339 e. The lowest BCUT2D eigenvalue weighted by molar-refractivity contribution is -0.117. The number of rotatable bonds is 6. The van der Waals surface area contributed by atoms with Crippen molar-refractivity contribution in [3.63, 3.8) is 0 Å². The fraction of sp³-hybridized carbons (Fsp3) is 0.407. The first-order valence-corrected chi connectivity index (χ1v) is 11.4. The zero-order valence-electron chi connectivity index (χ0n) is 18.2. The summed E-state index contributed by atoms with van der Waals surface area (Å²) in [4.78, 5) is 12.0. The molecule has 0 spiro atoms. The third-order valence-corrected chi connectivity index (χ3v) is 6.82. The van der Waals surface area contributed by atoms with E-state index in [1.807, 2.05) is 18.2 Å². The van der Waals surface area contributed by atoms with Crippen LogP contribution in [0.3, 0.4) is 0 Å². The van der Waals surface area contributed by atoms with Crippen molar-refractivity contribution in [1.82, 2.24) is 10.6 Å². The van der Waals surface area contributed by atoms with Gasteiger partial charge in [-0.05, 0) is 60.8 Å². The Morgan fingerprint density at radius 2 is 2.03 bits per heavy atom. The molecule has 0 aliphatic heterocycles. The van der Waals surface area contributed by atoms with Crippen LogP contribution in [0.2, 0.25) is 0 Å². The summed E-state index contributed by atoms with van der Waals surface area (Å²) in [6.45, 7) is 2.33. The summed E-state index contributed by atoms with van der Waals surface area (Å²) < 4.78 is 0. The minimum atomic E-state index is -0.150. The Labute approximate surface area is 185 Å². The van der Waals surface area contributed by atoms with Crippen molar-refractivity contribution in [1.29, 1.82) is 5.26 Å². The predicted octanol–water partition coefficient (Wildman–Crippen LogP) is 5.19. The highest BCUT2D eigenvalue weighted by molar-refractivity contribution is 5.96. The fourth-order valence-electron chi connectivity index (χ4n) is 5.22. The molecule has 1 fully saturated rings. The number of allylic oxidation sites excluding steroid dienone is 2. The van der Waals surface area contributed by atoms with Gasteiger partial charge in [0.1, 0.15) is 6.54 Å². The van der Waals surface area contributed by atoms with Crippen LogP contribution < -0.4 is 10.6 Å². The minimum absolute atomic E-state index is 0.0539. The smallest absolute Gasteiger partial charge is 0.251 e. The lowest BCUT2D eigenvalue weighted by atomic mass is 9.74. The topological polar surface area (TPSA) is 64.9 Å². The molecule has 1 amide bonds. The summed E-state index contributed by atoms with van der Waals surface area (Å²) in [5.41, 5.74) is 2.05. The van der Waals surface area contributed by atoms with E-state index in [9.17, 15) is 4.79 Å². The van der Waals surface area contributed by atoms with Crippen molar-refractivity contribution < 1.29 is 4.79 Å². The van der Waals surface area contributed by atoms with Gasteiger partial charge in [-0.25, -0.2) is 0 Å². The maximum Gasteiger partial charge on any atom is 0.251 e. The van der Waals surface area contributed by atoms with Crippen molar-refractivity contribution in [2.75, 3.05) is 6.54 Å². The number of fused-ring (bicyclic) bond motifs is 1. The maximum absolute atomic E-state index is 12.0. The quantitative estimate of drug-likeness (QED) is 0.641. The molecule has 0 heterocycles. The zero-order valence-corrected chi connectivity index (χ0v) is 18.2. The van der Waals surface area contributed by atoms with Gasteiger partial charge in [-0.1, -0.05) is 67.1 Å². The van der Waals surface area contributed by atoms with Crippen LogP contribution in [0.1, 0.15) is 50.6 Å². The molecule has 0 bridgehead atoms. The van der Waals surface area contributed by atoms with E-state index in [0.29, 0.717) is 29.5 Å². The average molecular weight is 414 g/mol. The van der Waals surface area contributed by atoms with Crippen LogP contribution in [0.4, 0.5) is 0 Å². The van der Waals surface area contributed by atoms with Crippen LogP contribution >= 0.6 is 0 Å². The van der Waals surface area contributed by atoms with Gasteiger partial charge in [0, 0.05) is 17.7 Å². The highest BCUT2D eigenvalue weighted by Crippen LogP contribution is 2.36. The van der Waals surface area contributed by atoms with Gasteiger partial charge in [0.05, 0.1) is 6.07 Å². The fourth-order valence-corrected chi connectivity index (χ4v) is 5.22. The molecule has 1 saturated carbocycles. The molecule has 2 aromatic carbocycles. The Morgan fingerprint density at radius 1 is 1.19 bits per heavy atom. The van der Waals surface area contributed by atoms with Gasteiger partial charge >= 0.3 is 0 Å². The van der Waals surface area contributed by atoms with Gasteiger partial charge < -0.3 is 10.6 Å². The monoisotopic (exact) mass is 413 g/mol. The van der Waals surface area contributed by atoms with E-state index >= 15 is 0 Å². The van der Waals surface area contributed by atoms with Gasteiger partial charge in [0.15, 0.2) is 0 Å². The van der Waals surface area contributed by atoms with Crippen LogP contribution in [0.25, 0.3) is 10.8 Å². The first-order chi connectivity index (χ1) is 15.2. The van der Waals surface area contributed by atoms with Crippen molar-refractivity contribution >= 4 is 16.7 Å². The lowest BCUT2D eigenvalue weighted by Crippen LogP contribution is -2.37. The number of nitrogens with one attached hydrogen (secondary N) is 2. The Morgan fingerprint density at radius 3 is 2.84 bits per heavy atom. The third kappa shape index (κ3) is 5.06. The molecule has 2 N–H and O–H groups in total. The van der Waals surface area contributed by atoms with Crippen molar-refractivity contribution in [2.24, 2.45) is 11.8 Å². The molecule has 160 valence electrons. The predicted molar refractivity (Wildman–Crippen MR) is 125 cm³/mol. The molecule has 0 aromatic heterocycles. The Hall–Kier alpha value is -2.90. The Bertz CT molecular complexity index is 1030. The molecule has 0 saturated heterocycles. The second kappa shape index (κ2) is 9.94. The van der Waals surface area contributed by atoms with E-state index in [4.69, 9.17) is 5.26 Å². The molecular weight excluding hydrogens is 382 g/mol. The number of carbonyl (C=O) groups excluding carboxylic acids is 1. The maximum atomic E-state index is 12.0. The Kier molecular flexibility index (Phi) is 6.84. The highest BCUT2D eigenvalue weighted by Gasteiger charge is 2.29. The third-order valence-electron chi connectivity index (χ3n) is 6.82. The van der Waals surface area contributed by atoms with Gasteiger partial charge in [0.2, 0.25) is 0 Å². The van der Waals surface area contributed by atoms with Gasteiger partial charge in [-0.2, -0.15) is 5.26 Å². The molecule has 3 unspecified atom stereocenters. The second-order valence-corrected chi connectivity index (χ2v) is 8.84. The van der Waals surface area contributed by atoms with Crippen molar-refractivity contribution in [3.8, 4) is 6.07 Å². The van der Waals surface area contributed by atoms with E-state index < -0.39 is 0 Å². The lowest BCUT2D eigenvalue weighted by Gasteiger charge is -2.36. The molecule has 2 aromatic rings. The molecule has 4 atom stereocenters. The molecule has 4 heteroatoms. The van der Waals surface area contributed by atoms with Crippen molar-refractivity contribution in [2.45, 2.75) is 51.1 Å². The van der Waals surface area contributed by atoms with Crippen LogP contribution in [0.5, 0.6) is 0 Å². The first-order valence-electron chi connectivity index (χ1n) is 11.4. The van der Waals surface area contributed by atoms with Crippen LogP contribution in [-0.2, 0) is 4.79 Å².